The monoisotopic (exact) mass is 178 g/mol. The zero-order valence-corrected chi connectivity index (χ0v) is 7.64. The lowest BCUT2D eigenvalue weighted by Gasteiger charge is -2.23. The van der Waals surface area contributed by atoms with Crippen molar-refractivity contribution in [1.82, 2.24) is 0 Å². The third kappa shape index (κ3) is 1.30. The van der Waals surface area contributed by atoms with E-state index < -0.39 is 6.10 Å². The number of rotatable bonds is 1. The van der Waals surface area contributed by atoms with Gasteiger partial charge in [-0.15, -0.1) is 0 Å². The Morgan fingerprint density at radius 2 is 2.23 bits per heavy atom. The van der Waals surface area contributed by atoms with Crippen LogP contribution in [0, 0.1) is 0 Å². The minimum Gasteiger partial charge on any atom is -0.391 e. The maximum atomic E-state index is 9.47. The van der Waals surface area contributed by atoms with E-state index in [-0.39, 0.29) is 6.04 Å². The summed E-state index contributed by atoms with van der Waals surface area (Å²) in [6, 6.07) is 8.02. The first-order valence-electron chi connectivity index (χ1n) is 4.50. The molecule has 0 spiro atoms. The van der Waals surface area contributed by atoms with Crippen molar-refractivity contribution in [3.05, 3.63) is 29.8 Å². The fraction of sp³-hybridized carbons (Fsp3) is 0.400. The molecule has 0 aliphatic carbocycles. The van der Waals surface area contributed by atoms with Crippen LogP contribution in [0.1, 0.15) is 12.5 Å². The first kappa shape index (κ1) is 8.53. The molecule has 0 fully saturated rings. The molecule has 2 atom stereocenters. The van der Waals surface area contributed by atoms with Gasteiger partial charge in [-0.25, -0.2) is 5.84 Å². The Morgan fingerprint density at radius 3 is 2.85 bits per heavy atom. The molecule has 1 heterocycles. The molecule has 0 aromatic heterocycles. The number of nitrogens with two attached hydrogens (primary N) is 1. The number of fused-ring (bicyclic) bond motifs is 1. The maximum Gasteiger partial charge on any atom is 0.0750 e. The van der Waals surface area contributed by atoms with Gasteiger partial charge in [-0.1, -0.05) is 18.2 Å². The lowest BCUT2D eigenvalue weighted by molar-refractivity contribution is 0.162. The van der Waals surface area contributed by atoms with E-state index in [9.17, 15) is 5.11 Å². The molecule has 1 aromatic rings. The van der Waals surface area contributed by atoms with Crippen LogP contribution in [-0.2, 0) is 6.42 Å². The quantitative estimate of drug-likeness (QED) is 0.621. The number of para-hydroxylation sites is 1. The zero-order valence-electron chi connectivity index (χ0n) is 7.64. The van der Waals surface area contributed by atoms with Crippen molar-refractivity contribution < 1.29 is 5.11 Å². The lowest BCUT2D eigenvalue weighted by Crippen LogP contribution is -2.44. The highest BCUT2D eigenvalue weighted by molar-refractivity contribution is 5.58. The number of nitrogens with zero attached hydrogens (tertiary/aromatic N) is 1. The summed E-state index contributed by atoms with van der Waals surface area (Å²) in [5, 5.41) is 11.1. The molecule has 1 aliphatic rings. The molecule has 13 heavy (non-hydrogen) atoms. The second kappa shape index (κ2) is 3.01. The molecule has 1 aliphatic heterocycles. The predicted octanol–water partition coefficient (Wildman–Crippen LogP) is 0.672. The second-order valence-corrected chi connectivity index (χ2v) is 3.55. The van der Waals surface area contributed by atoms with E-state index in [1.54, 1.807) is 11.9 Å². The van der Waals surface area contributed by atoms with E-state index in [1.165, 1.54) is 5.56 Å². The number of hydrogen-bond acceptors (Lipinski definition) is 3. The van der Waals surface area contributed by atoms with Crippen LogP contribution in [0.15, 0.2) is 24.3 Å². The minimum atomic E-state index is -0.391. The van der Waals surface area contributed by atoms with Crippen LogP contribution >= 0.6 is 0 Å². The summed E-state index contributed by atoms with van der Waals surface area (Å²) in [4.78, 5) is 0. The van der Waals surface area contributed by atoms with Crippen molar-refractivity contribution in [3.63, 3.8) is 0 Å². The van der Waals surface area contributed by atoms with Gasteiger partial charge in [0, 0.05) is 0 Å². The summed E-state index contributed by atoms with van der Waals surface area (Å²) in [7, 11) is 0. The third-order valence-electron chi connectivity index (χ3n) is 2.61. The van der Waals surface area contributed by atoms with Gasteiger partial charge in [0.05, 0.1) is 17.8 Å². The lowest BCUT2D eigenvalue weighted by atomic mass is 10.1. The Bertz CT molecular complexity index is 312. The van der Waals surface area contributed by atoms with Gasteiger partial charge in [-0.2, -0.15) is 0 Å². The van der Waals surface area contributed by atoms with E-state index >= 15 is 0 Å². The van der Waals surface area contributed by atoms with Crippen LogP contribution < -0.4 is 10.9 Å². The van der Waals surface area contributed by atoms with Crippen LogP contribution in [0.25, 0.3) is 0 Å². The summed E-state index contributed by atoms with van der Waals surface area (Å²) in [6.45, 7) is 1.77. The Kier molecular flexibility index (Phi) is 1.98. The molecule has 1 aromatic carbocycles. The molecule has 3 nitrogen and oxygen atoms in total. The Balaban J connectivity index is 2.32. The fourth-order valence-electron chi connectivity index (χ4n) is 1.84. The van der Waals surface area contributed by atoms with Crippen LogP contribution in [0.4, 0.5) is 5.69 Å². The van der Waals surface area contributed by atoms with E-state index in [0.29, 0.717) is 0 Å². The average molecular weight is 178 g/mol. The summed E-state index contributed by atoms with van der Waals surface area (Å²) < 4.78 is 0. The Morgan fingerprint density at radius 1 is 1.54 bits per heavy atom. The first-order valence-corrected chi connectivity index (χ1v) is 4.50. The second-order valence-electron chi connectivity index (χ2n) is 3.55. The summed E-state index contributed by atoms with van der Waals surface area (Å²) in [5.41, 5.74) is 2.25. The Labute approximate surface area is 77.7 Å². The largest absolute Gasteiger partial charge is 0.391 e. The topological polar surface area (TPSA) is 49.5 Å². The van der Waals surface area contributed by atoms with Crippen molar-refractivity contribution >= 4 is 5.69 Å². The predicted molar refractivity (Wildman–Crippen MR) is 52.3 cm³/mol. The highest BCUT2D eigenvalue weighted by atomic mass is 16.3. The minimum absolute atomic E-state index is 0.0254. The molecule has 0 amide bonds. The SMILES string of the molecule is C[C@@H](O)[C@@H]1Cc2ccccc2N1N. The first-order chi connectivity index (χ1) is 6.20. The van der Waals surface area contributed by atoms with Crippen LogP contribution in [0.5, 0.6) is 0 Å². The number of hydrazine groups is 1. The molecule has 0 radical (unpaired) electrons. The van der Waals surface area contributed by atoms with Crippen molar-refractivity contribution in [1.29, 1.82) is 0 Å². The van der Waals surface area contributed by atoms with Crippen molar-refractivity contribution in [2.24, 2.45) is 5.84 Å². The third-order valence-corrected chi connectivity index (χ3v) is 2.61. The standard InChI is InChI=1S/C10H14N2O/c1-7(13)10-6-8-4-2-3-5-9(8)12(10)11/h2-5,7,10,13H,6,11H2,1H3/t7-,10+/m1/s1. The smallest absolute Gasteiger partial charge is 0.0750 e. The molecule has 0 saturated carbocycles. The highest BCUT2D eigenvalue weighted by Crippen LogP contribution is 2.30. The molecular weight excluding hydrogens is 164 g/mol. The van der Waals surface area contributed by atoms with Gasteiger partial charge in [0.25, 0.3) is 0 Å². The number of hydrogen-bond donors (Lipinski definition) is 2. The average Bonchev–Trinajstić information content (AvgIpc) is 2.45. The van der Waals surface area contributed by atoms with Crippen LogP contribution in [0.3, 0.4) is 0 Å². The van der Waals surface area contributed by atoms with E-state index in [2.05, 4.69) is 6.07 Å². The molecule has 0 unspecified atom stereocenters. The van der Waals surface area contributed by atoms with Gasteiger partial charge in [-0.3, -0.25) is 0 Å². The highest BCUT2D eigenvalue weighted by Gasteiger charge is 2.29. The fourth-order valence-corrected chi connectivity index (χ4v) is 1.84. The van der Waals surface area contributed by atoms with Gasteiger partial charge < -0.3 is 10.1 Å². The molecular formula is C10H14N2O. The van der Waals surface area contributed by atoms with Crippen molar-refractivity contribution in [3.8, 4) is 0 Å². The normalized spacial score (nSPS) is 23.0. The number of aliphatic hydroxyl groups is 1. The van der Waals surface area contributed by atoms with Gasteiger partial charge in [0.15, 0.2) is 0 Å². The van der Waals surface area contributed by atoms with E-state index in [0.717, 1.165) is 12.1 Å². The Hall–Kier alpha value is -1.06. The number of anilines is 1. The zero-order chi connectivity index (χ0) is 9.42. The maximum absolute atomic E-state index is 9.47. The van der Waals surface area contributed by atoms with Gasteiger partial charge in [-0.05, 0) is 25.0 Å². The number of aliphatic hydroxyl groups excluding tert-OH is 1. The molecule has 0 saturated heterocycles. The van der Waals surface area contributed by atoms with Gasteiger partial charge in [0.2, 0.25) is 0 Å². The van der Waals surface area contributed by atoms with E-state index in [1.807, 2.05) is 18.2 Å². The molecule has 0 bridgehead atoms. The van der Waals surface area contributed by atoms with Crippen molar-refractivity contribution in [2.45, 2.75) is 25.5 Å². The number of benzene rings is 1. The summed E-state index contributed by atoms with van der Waals surface area (Å²) in [6.07, 6.45) is 0.446. The van der Waals surface area contributed by atoms with E-state index in [4.69, 9.17) is 5.84 Å². The summed E-state index contributed by atoms with van der Waals surface area (Å²) >= 11 is 0. The van der Waals surface area contributed by atoms with Gasteiger partial charge in [0.1, 0.15) is 0 Å². The summed E-state index contributed by atoms with van der Waals surface area (Å²) in [5.74, 6) is 5.86. The molecule has 3 heteroatoms. The van der Waals surface area contributed by atoms with Crippen molar-refractivity contribution in [2.75, 3.05) is 5.01 Å². The molecule has 70 valence electrons. The molecule has 2 rings (SSSR count). The van der Waals surface area contributed by atoms with Crippen LogP contribution in [-0.4, -0.2) is 17.3 Å². The van der Waals surface area contributed by atoms with Crippen LogP contribution in [0.2, 0.25) is 0 Å². The molecule has 3 N–H and O–H groups in total. The van der Waals surface area contributed by atoms with Gasteiger partial charge >= 0.3 is 0 Å².